The van der Waals surface area contributed by atoms with E-state index in [0.29, 0.717) is 0 Å². The first-order valence-electron chi connectivity index (χ1n) is 5.13. The molecule has 0 aromatic carbocycles. The molecule has 1 heteroatoms. The van der Waals surface area contributed by atoms with E-state index >= 15 is 0 Å². The first kappa shape index (κ1) is 19.6. The molecule has 1 aliphatic carbocycles. The van der Waals surface area contributed by atoms with Crippen LogP contribution in [0.5, 0.6) is 0 Å². The van der Waals surface area contributed by atoms with Gasteiger partial charge in [-0.05, 0) is 11.8 Å². The van der Waals surface area contributed by atoms with Crippen molar-refractivity contribution in [2.24, 2.45) is 11.8 Å². The van der Waals surface area contributed by atoms with Crippen molar-refractivity contribution in [2.75, 3.05) is 0 Å². The summed E-state index contributed by atoms with van der Waals surface area (Å²) in [5.74, 6) is 1.87. The van der Waals surface area contributed by atoms with Gasteiger partial charge in [-0.25, -0.2) is 0 Å². The second-order valence-corrected chi connectivity index (χ2v) is 4.48. The van der Waals surface area contributed by atoms with Crippen molar-refractivity contribution in [2.45, 2.75) is 59.8 Å². The number of hydrogen-bond acceptors (Lipinski definition) is 0. The van der Waals surface area contributed by atoms with Crippen molar-refractivity contribution < 1.29 is 32.7 Å². The molecule has 0 nitrogen and oxygen atoms in total. The minimum atomic E-state index is 0. The summed E-state index contributed by atoms with van der Waals surface area (Å²) in [4.78, 5) is 0. The molecule has 0 N–H and O–H groups in total. The van der Waals surface area contributed by atoms with E-state index in [1.807, 2.05) is 0 Å². The second kappa shape index (κ2) is 13.1. The Morgan fingerprint density at radius 1 is 0.923 bits per heavy atom. The minimum Gasteiger partial charge on any atom is -0.358 e. The molecule has 0 aromatic heterocycles. The summed E-state index contributed by atoms with van der Waals surface area (Å²) in [5, 5.41) is 0. The van der Waals surface area contributed by atoms with Gasteiger partial charge < -0.3 is 7.43 Å². The van der Waals surface area contributed by atoms with Gasteiger partial charge in [-0.1, -0.05) is 59.8 Å². The summed E-state index contributed by atoms with van der Waals surface area (Å²) in [6.07, 6.45) is 7.44. The van der Waals surface area contributed by atoms with Crippen LogP contribution in [0.1, 0.15) is 59.8 Å². The Labute approximate surface area is 111 Å². The van der Waals surface area contributed by atoms with Gasteiger partial charge in [0.05, 0.1) is 0 Å². The van der Waals surface area contributed by atoms with Gasteiger partial charge in [-0.15, -0.1) is 0 Å². The van der Waals surface area contributed by atoms with Gasteiger partial charge in [0.2, 0.25) is 0 Å². The predicted octanol–water partition coefficient (Wildman–Crippen LogP) is 4.70. The molecule has 1 saturated carbocycles. The molecule has 79 valence electrons. The summed E-state index contributed by atoms with van der Waals surface area (Å²) in [6.45, 7) is 8.86. The van der Waals surface area contributed by atoms with E-state index in [4.69, 9.17) is 0 Å². The molecule has 0 aromatic rings. The Morgan fingerprint density at radius 3 is 1.38 bits per heavy atom. The van der Waals surface area contributed by atoms with Crippen molar-refractivity contribution in [3.8, 4) is 0 Å². The van der Waals surface area contributed by atoms with Crippen LogP contribution in [0.2, 0.25) is 0 Å². The minimum absolute atomic E-state index is 0. The Balaban J connectivity index is -0.000000150. The van der Waals surface area contributed by atoms with Gasteiger partial charge in [0.15, 0.2) is 0 Å². The fraction of sp³-hybridized carbons (Fsp3) is 0.917. The first-order chi connectivity index (χ1) is 5.13. The topological polar surface area (TPSA) is 0 Å². The van der Waals surface area contributed by atoms with Crippen LogP contribution < -0.4 is 0 Å². The first-order valence-corrected chi connectivity index (χ1v) is 5.13. The van der Waals surface area contributed by atoms with Gasteiger partial charge in [-0.3, -0.25) is 0 Å². The van der Waals surface area contributed by atoms with E-state index in [1.54, 1.807) is 0 Å². The fourth-order valence-corrected chi connectivity index (χ4v) is 1.31. The summed E-state index contributed by atoms with van der Waals surface area (Å²) >= 11 is 0. The quantitative estimate of drug-likeness (QED) is 0.554. The molecule has 0 amide bonds. The second-order valence-electron chi connectivity index (χ2n) is 4.48. The van der Waals surface area contributed by atoms with Crippen LogP contribution in [-0.4, -0.2) is 0 Å². The maximum atomic E-state index is 2.36. The molecule has 1 radical (unpaired) electrons. The molecular weight excluding hydrogens is 233 g/mol. The van der Waals surface area contributed by atoms with Crippen LogP contribution in [0, 0.1) is 19.3 Å². The van der Waals surface area contributed by atoms with Crippen LogP contribution in [0.15, 0.2) is 0 Å². The number of rotatable bonds is 0. The van der Waals surface area contributed by atoms with Gasteiger partial charge in [-0.2, -0.15) is 0 Å². The van der Waals surface area contributed by atoms with Gasteiger partial charge in [0, 0.05) is 32.7 Å². The molecule has 0 spiro atoms. The molecule has 0 atom stereocenters. The average molecular weight is 260 g/mol. The van der Waals surface area contributed by atoms with E-state index in [0.717, 1.165) is 11.8 Å². The van der Waals surface area contributed by atoms with E-state index < -0.39 is 0 Å². The zero-order chi connectivity index (χ0) is 8.69. The third-order valence-electron chi connectivity index (χ3n) is 1.89. The standard InChI is InChI=1S/C7H14.C4H10.CH3.Y/c1-7-5-3-2-4-6-7;1-4(2)3;;/h7H,2-6H2,1H3;4H,1-3H3;1H3;/q;;-1;. The van der Waals surface area contributed by atoms with E-state index in [-0.39, 0.29) is 40.1 Å². The molecule has 13 heavy (non-hydrogen) atoms. The molecule has 1 rings (SSSR count). The summed E-state index contributed by atoms with van der Waals surface area (Å²) in [5.41, 5.74) is 0. The SMILES string of the molecule is CC(C)C.CC1CCCCC1.[CH3-].[Y]. The van der Waals surface area contributed by atoms with Crippen molar-refractivity contribution in [1.82, 2.24) is 0 Å². The molecule has 1 aliphatic rings. The van der Waals surface area contributed by atoms with Gasteiger partial charge in [0.1, 0.15) is 0 Å². The van der Waals surface area contributed by atoms with E-state index in [1.165, 1.54) is 32.1 Å². The van der Waals surface area contributed by atoms with Crippen LogP contribution in [0.3, 0.4) is 0 Å². The maximum absolute atomic E-state index is 2.36. The molecule has 1 fully saturated rings. The zero-order valence-corrected chi connectivity index (χ0v) is 13.1. The van der Waals surface area contributed by atoms with Crippen molar-refractivity contribution in [1.29, 1.82) is 0 Å². The number of hydrogen-bond donors (Lipinski definition) is 0. The smallest absolute Gasteiger partial charge is 0 e. The van der Waals surface area contributed by atoms with Crippen LogP contribution in [0.25, 0.3) is 0 Å². The van der Waals surface area contributed by atoms with E-state index in [9.17, 15) is 0 Å². The Kier molecular flexibility index (Phi) is 19.8. The Bertz CT molecular complexity index is 70.4. The predicted molar refractivity (Wildman–Crippen MR) is 59.2 cm³/mol. The average Bonchev–Trinajstić information content (AvgIpc) is 1.87. The van der Waals surface area contributed by atoms with Crippen LogP contribution >= 0.6 is 0 Å². The Morgan fingerprint density at radius 2 is 1.23 bits per heavy atom. The molecule has 0 heterocycles. The molecule has 0 bridgehead atoms. The normalized spacial score (nSPS) is 16.4. The summed E-state index contributed by atoms with van der Waals surface area (Å²) in [6, 6.07) is 0. The van der Waals surface area contributed by atoms with Gasteiger partial charge >= 0.3 is 0 Å². The Hall–Kier alpha value is 1.10. The van der Waals surface area contributed by atoms with E-state index in [2.05, 4.69) is 27.7 Å². The third-order valence-corrected chi connectivity index (χ3v) is 1.89. The summed E-state index contributed by atoms with van der Waals surface area (Å²) < 4.78 is 0. The van der Waals surface area contributed by atoms with Crippen LogP contribution in [-0.2, 0) is 32.7 Å². The van der Waals surface area contributed by atoms with Crippen molar-refractivity contribution >= 4 is 0 Å². The van der Waals surface area contributed by atoms with Crippen molar-refractivity contribution in [3.63, 3.8) is 0 Å². The maximum Gasteiger partial charge on any atom is 0 e. The molecule has 0 aliphatic heterocycles. The monoisotopic (exact) mass is 260 g/mol. The molecular formula is C12H27Y-. The fourth-order valence-electron chi connectivity index (χ4n) is 1.31. The van der Waals surface area contributed by atoms with Gasteiger partial charge in [0.25, 0.3) is 0 Å². The summed E-state index contributed by atoms with van der Waals surface area (Å²) in [7, 11) is 0. The van der Waals surface area contributed by atoms with Crippen molar-refractivity contribution in [3.05, 3.63) is 7.43 Å². The largest absolute Gasteiger partial charge is 0.358 e. The molecule has 0 saturated heterocycles. The zero-order valence-electron chi connectivity index (χ0n) is 10.3. The molecule has 0 unspecified atom stereocenters. The van der Waals surface area contributed by atoms with Crippen LogP contribution in [0.4, 0.5) is 0 Å². The third kappa shape index (κ3) is 19.5.